The van der Waals surface area contributed by atoms with Gasteiger partial charge in [-0.1, -0.05) is 19.1 Å². The molecule has 1 aromatic rings. The maximum atomic E-state index is 11.9. The predicted octanol–water partition coefficient (Wildman–Crippen LogP) is 2.14. The smallest absolute Gasteiger partial charge is 0.251 e. The molecule has 0 saturated heterocycles. The standard InChI is InChI=1S/C15H21NO2/c1-2-11-3-6-13(7-4-11)15(18)16-10-12-5-8-14(17)9-12/h3-4,6-7,12,14,17H,2,5,8-10H2,1H3,(H,16,18). The van der Waals surface area contributed by atoms with E-state index in [1.807, 2.05) is 24.3 Å². The number of amides is 1. The lowest BCUT2D eigenvalue weighted by Crippen LogP contribution is -2.28. The summed E-state index contributed by atoms with van der Waals surface area (Å²) in [5.41, 5.74) is 1.95. The molecule has 0 radical (unpaired) electrons. The van der Waals surface area contributed by atoms with Gasteiger partial charge in [-0.3, -0.25) is 4.79 Å². The van der Waals surface area contributed by atoms with E-state index in [1.165, 1.54) is 5.56 Å². The predicted molar refractivity (Wildman–Crippen MR) is 71.5 cm³/mol. The summed E-state index contributed by atoms with van der Waals surface area (Å²) in [6, 6.07) is 7.73. The van der Waals surface area contributed by atoms with E-state index >= 15 is 0 Å². The number of aliphatic hydroxyl groups is 1. The quantitative estimate of drug-likeness (QED) is 0.856. The molecule has 1 fully saturated rings. The van der Waals surface area contributed by atoms with Crippen LogP contribution in [0.3, 0.4) is 0 Å². The highest BCUT2D eigenvalue weighted by molar-refractivity contribution is 5.94. The first-order chi connectivity index (χ1) is 8.69. The summed E-state index contributed by atoms with van der Waals surface area (Å²) in [7, 11) is 0. The molecule has 2 N–H and O–H groups in total. The largest absolute Gasteiger partial charge is 0.393 e. The number of nitrogens with one attached hydrogen (secondary N) is 1. The van der Waals surface area contributed by atoms with Crippen molar-refractivity contribution in [2.24, 2.45) is 5.92 Å². The number of hydrogen-bond donors (Lipinski definition) is 2. The summed E-state index contributed by atoms with van der Waals surface area (Å²) in [4.78, 5) is 11.9. The van der Waals surface area contributed by atoms with Crippen molar-refractivity contribution in [1.29, 1.82) is 0 Å². The van der Waals surface area contributed by atoms with Crippen LogP contribution >= 0.6 is 0 Å². The van der Waals surface area contributed by atoms with Crippen molar-refractivity contribution in [2.45, 2.75) is 38.7 Å². The van der Waals surface area contributed by atoms with E-state index in [0.717, 1.165) is 25.7 Å². The van der Waals surface area contributed by atoms with Gasteiger partial charge in [0.05, 0.1) is 6.10 Å². The summed E-state index contributed by atoms with van der Waals surface area (Å²) in [6.07, 6.45) is 3.51. The Hall–Kier alpha value is -1.35. The van der Waals surface area contributed by atoms with Gasteiger partial charge in [-0.15, -0.1) is 0 Å². The molecule has 2 rings (SSSR count). The second-order valence-corrected chi connectivity index (χ2v) is 5.09. The Morgan fingerprint density at radius 2 is 2.06 bits per heavy atom. The van der Waals surface area contributed by atoms with Gasteiger partial charge in [0.15, 0.2) is 0 Å². The molecule has 1 amide bonds. The molecule has 0 aromatic heterocycles. The first-order valence-electron chi connectivity index (χ1n) is 6.74. The van der Waals surface area contributed by atoms with Gasteiger partial charge >= 0.3 is 0 Å². The fourth-order valence-electron chi connectivity index (χ4n) is 2.46. The normalized spacial score (nSPS) is 23.0. The number of benzene rings is 1. The monoisotopic (exact) mass is 247 g/mol. The number of rotatable bonds is 4. The van der Waals surface area contributed by atoms with Crippen molar-refractivity contribution < 1.29 is 9.90 Å². The summed E-state index contributed by atoms with van der Waals surface area (Å²) in [6.45, 7) is 2.77. The van der Waals surface area contributed by atoms with E-state index in [0.29, 0.717) is 18.0 Å². The van der Waals surface area contributed by atoms with Gasteiger partial charge in [0, 0.05) is 12.1 Å². The van der Waals surface area contributed by atoms with E-state index in [1.54, 1.807) is 0 Å². The average molecular weight is 247 g/mol. The highest BCUT2D eigenvalue weighted by atomic mass is 16.3. The Bertz CT molecular complexity index is 399. The third kappa shape index (κ3) is 3.33. The minimum absolute atomic E-state index is 0.0148. The van der Waals surface area contributed by atoms with Crippen LogP contribution in [0.5, 0.6) is 0 Å². The Labute approximate surface area is 108 Å². The van der Waals surface area contributed by atoms with Crippen molar-refractivity contribution in [1.82, 2.24) is 5.32 Å². The van der Waals surface area contributed by atoms with Crippen LogP contribution < -0.4 is 5.32 Å². The van der Waals surface area contributed by atoms with Gasteiger partial charge in [0.2, 0.25) is 0 Å². The molecular formula is C15H21NO2. The Kier molecular flexibility index (Phi) is 4.37. The minimum atomic E-state index is -0.171. The molecule has 0 bridgehead atoms. The third-order valence-corrected chi connectivity index (χ3v) is 3.69. The van der Waals surface area contributed by atoms with Crippen molar-refractivity contribution in [3.63, 3.8) is 0 Å². The number of aryl methyl sites for hydroxylation is 1. The van der Waals surface area contributed by atoms with Crippen LogP contribution in [0.1, 0.15) is 42.1 Å². The Morgan fingerprint density at radius 3 is 2.61 bits per heavy atom. The lowest BCUT2D eigenvalue weighted by molar-refractivity contribution is 0.0945. The summed E-state index contributed by atoms with van der Waals surface area (Å²) in [5, 5.41) is 12.4. The zero-order valence-corrected chi connectivity index (χ0v) is 10.9. The van der Waals surface area contributed by atoms with Crippen molar-refractivity contribution in [2.75, 3.05) is 6.54 Å². The number of hydrogen-bond acceptors (Lipinski definition) is 2. The molecule has 0 spiro atoms. The van der Waals surface area contributed by atoms with Crippen molar-refractivity contribution >= 4 is 5.91 Å². The lowest BCUT2D eigenvalue weighted by Gasteiger charge is -2.11. The van der Waals surface area contributed by atoms with Crippen LogP contribution in [0.25, 0.3) is 0 Å². The minimum Gasteiger partial charge on any atom is -0.393 e. The zero-order chi connectivity index (χ0) is 13.0. The molecule has 18 heavy (non-hydrogen) atoms. The molecule has 1 saturated carbocycles. The first kappa shape index (κ1) is 13.1. The van der Waals surface area contributed by atoms with Crippen LogP contribution in [-0.2, 0) is 6.42 Å². The molecule has 0 aliphatic heterocycles. The van der Waals surface area contributed by atoms with Gasteiger partial charge < -0.3 is 10.4 Å². The van der Waals surface area contributed by atoms with E-state index in [9.17, 15) is 9.90 Å². The summed E-state index contributed by atoms with van der Waals surface area (Å²) < 4.78 is 0. The van der Waals surface area contributed by atoms with Gasteiger partial charge in [0.1, 0.15) is 0 Å². The van der Waals surface area contributed by atoms with E-state index in [4.69, 9.17) is 0 Å². The fourth-order valence-corrected chi connectivity index (χ4v) is 2.46. The Morgan fingerprint density at radius 1 is 1.33 bits per heavy atom. The maximum absolute atomic E-state index is 11.9. The van der Waals surface area contributed by atoms with Gasteiger partial charge in [-0.05, 0) is 49.3 Å². The van der Waals surface area contributed by atoms with Crippen molar-refractivity contribution in [3.05, 3.63) is 35.4 Å². The fraction of sp³-hybridized carbons (Fsp3) is 0.533. The molecule has 3 heteroatoms. The van der Waals surface area contributed by atoms with Crippen LogP contribution in [0.15, 0.2) is 24.3 Å². The van der Waals surface area contributed by atoms with Gasteiger partial charge in [-0.25, -0.2) is 0 Å². The van der Waals surface area contributed by atoms with E-state index in [2.05, 4.69) is 12.2 Å². The topological polar surface area (TPSA) is 49.3 Å². The second kappa shape index (κ2) is 6.01. The molecule has 1 aliphatic carbocycles. The number of carbonyl (C=O) groups is 1. The Balaban J connectivity index is 1.83. The first-order valence-corrected chi connectivity index (χ1v) is 6.74. The van der Waals surface area contributed by atoms with Crippen LogP contribution in [0.4, 0.5) is 0 Å². The van der Waals surface area contributed by atoms with Gasteiger partial charge in [0.25, 0.3) is 5.91 Å². The second-order valence-electron chi connectivity index (χ2n) is 5.09. The van der Waals surface area contributed by atoms with Crippen LogP contribution in [0.2, 0.25) is 0 Å². The lowest BCUT2D eigenvalue weighted by atomic mass is 10.1. The van der Waals surface area contributed by atoms with Gasteiger partial charge in [-0.2, -0.15) is 0 Å². The highest BCUT2D eigenvalue weighted by Crippen LogP contribution is 2.24. The SMILES string of the molecule is CCc1ccc(C(=O)NCC2CCC(O)C2)cc1. The maximum Gasteiger partial charge on any atom is 0.251 e. The molecule has 1 aromatic carbocycles. The van der Waals surface area contributed by atoms with E-state index in [-0.39, 0.29) is 12.0 Å². The van der Waals surface area contributed by atoms with E-state index < -0.39 is 0 Å². The third-order valence-electron chi connectivity index (χ3n) is 3.69. The number of carbonyl (C=O) groups excluding carboxylic acids is 1. The highest BCUT2D eigenvalue weighted by Gasteiger charge is 2.22. The molecule has 3 nitrogen and oxygen atoms in total. The molecule has 98 valence electrons. The zero-order valence-electron chi connectivity index (χ0n) is 10.9. The van der Waals surface area contributed by atoms with Crippen LogP contribution in [-0.4, -0.2) is 23.7 Å². The van der Waals surface area contributed by atoms with Crippen LogP contribution in [0, 0.1) is 5.92 Å². The molecular weight excluding hydrogens is 226 g/mol. The molecule has 2 unspecified atom stereocenters. The van der Waals surface area contributed by atoms with Crippen molar-refractivity contribution in [3.8, 4) is 0 Å². The summed E-state index contributed by atoms with van der Waals surface area (Å²) in [5.74, 6) is 0.415. The number of aliphatic hydroxyl groups excluding tert-OH is 1. The average Bonchev–Trinajstić information content (AvgIpc) is 2.82. The molecule has 0 heterocycles. The molecule has 1 aliphatic rings. The molecule has 2 atom stereocenters. The summed E-state index contributed by atoms with van der Waals surface area (Å²) >= 11 is 0.